The number of hydrogen-bond donors (Lipinski definition) is 0. The van der Waals surface area contributed by atoms with Crippen LogP contribution >= 0.6 is 11.6 Å². The van der Waals surface area contributed by atoms with Crippen molar-refractivity contribution >= 4 is 11.6 Å². The third-order valence-electron chi connectivity index (χ3n) is 10.1. The summed E-state index contributed by atoms with van der Waals surface area (Å²) in [6.45, 7) is 3.69. The number of benzene rings is 7. The summed E-state index contributed by atoms with van der Waals surface area (Å²) in [5, 5.41) is 0.588. The average molecular weight is 761 g/mol. The molecule has 0 radical (unpaired) electrons. The van der Waals surface area contributed by atoms with Gasteiger partial charge in [0.25, 0.3) is 0 Å². The molecule has 0 bridgehead atoms. The molecule has 0 atom stereocenters. The minimum atomic E-state index is -0.431. The smallest absolute Gasteiger partial charge is 0.0705 e. The molecule has 2 heterocycles. The molecule has 0 N–H and O–H groups in total. The van der Waals surface area contributed by atoms with E-state index in [1.165, 1.54) is 0 Å². The van der Waals surface area contributed by atoms with E-state index in [1.807, 2.05) is 111 Å². The Bertz CT molecular complexity index is 3160. The number of aromatic nitrogens is 2. The second-order valence-electron chi connectivity index (χ2n) is 13.7. The molecule has 0 spiro atoms. The van der Waals surface area contributed by atoms with Gasteiger partial charge in [-0.3, -0.25) is 9.97 Å². The lowest BCUT2D eigenvalue weighted by Crippen LogP contribution is -1.91. The van der Waals surface area contributed by atoms with Crippen LogP contribution in [-0.4, -0.2) is 9.97 Å². The monoisotopic (exact) mass is 760 g/mol. The van der Waals surface area contributed by atoms with Crippen LogP contribution in [0.5, 0.6) is 0 Å². The fourth-order valence-corrected chi connectivity index (χ4v) is 7.47. The molecule has 0 aliphatic carbocycles. The van der Waals surface area contributed by atoms with Crippen LogP contribution in [-0.2, 0) is 0 Å². The summed E-state index contributed by atoms with van der Waals surface area (Å²) in [6, 6.07) is 38.9. The van der Waals surface area contributed by atoms with Gasteiger partial charge >= 0.3 is 0 Å². The fourth-order valence-electron chi connectivity index (χ4n) is 7.24. The van der Waals surface area contributed by atoms with E-state index in [9.17, 15) is 0 Å². The summed E-state index contributed by atoms with van der Waals surface area (Å²) >= 11 is 6.92. The Morgan fingerprint density at radius 3 is 1.09 bits per heavy atom. The summed E-state index contributed by atoms with van der Waals surface area (Å²) in [4.78, 5) is 9.32. The van der Waals surface area contributed by atoms with Gasteiger partial charge in [0.15, 0.2) is 0 Å². The first-order valence-corrected chi connectivity index (χ1v) is 18.8. The molecule has 0 fully saturated rings. The van der Waals surface area contributed by atoms with E-state index in [0.29, 0.717) is 27.5 Å². The van der Waals surface area contributed by atoms with Gasteiger partial charge in [-0.15, -0.1) is 0 Å². The zero-order valence-corrected chi connectivity index (χ0v) is 31.8. The van der Waals surface area contributed by atoms with Crippen molar-refractivity contribution in [2.45, 2.75) is 13.8 Å². The molecule has 0 aliphatic heterocycles. The van der Waals surface area contributed by atoms with Crippen molar-refractivity contribution < 1.29 is 13.7 Å². The van der Waals surface area contributed by atoms with Gasteiger partial charge in [0.05, 0.1) is 25.1 Å². The number of pyridine rings is 2. The van der Waals surface area contributed by atoms with Crippen LogP contribution in [0.1, 0.15) is 24.8 Å². The highest BCUT2D eigenvalue weighted by atomic mass is 35.5. The highest BCUT2D eigenvalue weighted by Crippen LogP contribution is 2.40. The molecule has 272 valence electrons. The number of halogens is 1. The predicted molar refractivity (Wildman–Crippen MR) is 240 cm³/mol. The molecule has 0 aliphatic rings. The number of nitrogens with zero attached hydrogens (tertiary/aromatic N) is 2. The van der Waals surface area contributed by atoms with E-state index in [-0.39, 0.29) is 59.5 Å². The molecular formula is C54H39ClN2. The van der Waals surface area contributed by atoms with E-state index in [4.69, 9.17) is 25.3 Å². The molecule has 0 saturated carbocycles. The zero-order valence-electron chi connectivity index (χ0n) is 41.1. The summed E-state index contributed by atoms with van der Waals surface area (Å²) in [5.74, 6) is 0. The van der Waals surface area contributed by atoms with Crippen LogP contribution in [0.3, 0.4) is 0 Å². The molecule has 7 aromatic carbocycles. The van der Waals surface area contributed by atoms with Crippen molar-refractivity contribution in [2.24, 2.45) is 0 Å². The van der Waals surface area contributed by atoms with E-state index in [2.05, 4.69) is 40.3 Å². The van der Waals surface area contributed by atoms with Crippen molar-refractivity contribution in [3.8, 4) is 89.3 Å². The van der Waals surface area contributed by atoms with E-state index in [1.54, 1.807) is 12.4 Å². The first-order valence-electron chi connectivity index (χ1n) is 23.4. The summed E-state index contributed by atoms with van der Waals surface area (Å²) in [5.41, 5.74) is 13.7. The molecule has 0 saturated heterocycles. The molecule has 9 rings (SSSR count). The lowest BCUT2D eigenvalue weighted by Gasteiger charge is -2.15. The molecule has 2 nitrogen and oxygen atoms in total. The highest BCUT2D eigenvalue weighted by molar-refractivity contribution is 6.31. The molecule has 0 amide bonds. The molecule has 2 aromatic heterocycles. The number of rotatable bonds is 8. The topological polar surface area (TPSA) is 25.8 Å². The van der Waals surface area contributed by atoms with Crippen LogP contribution in [0, 0.1) is 13.8 Å². The second-order valence-corrected chi connectivity index (χ2v) is 14.2. The Morgan fingerprint density at radius 2 is 0.719 bits per heavy atom. The lowest BCUT2D eigenvalue weighted by molar-refractivity contribution is 1.29. The van der Waals surface area contributed by atoms with Crippen LogP contribution in [0.4, 0.5) is 0 Å². The van der Waals surface area contributed by atoms with Gasteiger partial charge < -0.3 is 0 Å². The standard InChI is InChI=1S/C54H39ClN2/c1-36-29-53(56-34-51(36)38-13-5-3-6-14-38)42-25-21-40(22-26-42)47-17-9-11-19-49(47)44-31-45(33-46(55)32-44)50-20-12-10-18-48(50)41-23-27-43(28-24-41)54-30-37(2)52(35-57-54)39-15-7-4-8-16-39/h3-35H,1-2H3/i3D,4D,5D,6D,7D,8D,13D,14D,15D,16D. The second kappa shape index (κ2) is 15.7. The maximum absolute atomic E-state index is 8.44. The Balaban J connectivity index is 0.995. The van der Waals surface area contributed by atoms with Crippen molar-refractivity contribution in [2.75, 3.05) is 0 Å². The van der Waals surface area contributed by atoms with Gasteiger partial charge in [0.2, 0.25) is 0 Å². The third-order valence-corrected chi connectivity index (χ3v) is 10.3. The summed E-state index contributed by atoms with van der Waals surface area (Å²) in [7, 11) is 0. The van der Waals surface area contributed by atoms with Gasteiger partial charge in [0.1, 0.15) is 0 Å². The Morgan fingerprint density at radius 1 is 0.368 bits per heavy atom. The largest absolute Gasteiger partial charge is 0.256 e. The van der Waals surface area contributed by atoms with Crippen LogP contribution < -0.4 is 0 Å². The van der Waals surface area contributed by atoms with Crippen molar-refractivity contribution in [3.63, 3.8) is 0 Å². The van der Waals surface area contributed by atoms with Gasteiger partial charge in [-0.1, -0.05) is 169 Å². The normalized spacial score (nSPS) is 13.5. The van der Waals surface area contributed by atoms with E-state index >= 15 is 0 Å². The van der Waals surface area contributed by atoms with Crippen molar-refractivity contribution in [1.29, 1.82) is 0 Å². The molecular weight excluding hydrogens is 712 g/mol. The summed E-state index contributed by atoms with van der Waals surface area (Å²) in [6.07, 6.45) is 3.15. The number of hydrogen-bond acceptors (Lipinski definition) is 2. The Labute approximate surface area is 353 Å². The molecule has 0 unspecified atom stereocenters. The molecule has 3 heteroatoms. The maximum Gasteiger partial charge on any atom is 0.0705 e. The first-order chi connectivity index (χ1) is 32.1. The molecule has 57 heavy (non-hydrogen) atoms. The van der Waals surface area contributed by atoms with Crippen LogP contribution in [0.25, 0.3) is 89.3 Å². The van der Waals surface area contributed by atoms with Crippen LogP contribution in [0.15, 0.2) is 200 Å². The third kappa shape index (κ3) is 7.44. The zero-order chi connectivity index (χ0) is 47.4. The van der Waals surface area contributed by atoms with Crippen LogP contribution in [0.2, 0.25) is 5.02 Å². The highest BCUT2D eigenvalue weighted by Gasteiger charge is 2.14. The van der Waals surface area contributed by atoms with Crippen molar-refractivity contribution in [3.05, 3.63) is 216 Å². The predicted octanol–water partition coefficient (Wildman–Crippen LogP) is 15.1. The Hall–Kier alpha value is -6.87. The van der Waals surface area contributed by atoms with Gasteiger partial charge in [-0.25, -0.2) is 0 Å². The first kappa shape index (κ1) is 26.1. The fraction of sp³-hybridized carbons (Fsp3) is 0.0370. The lowest BCUT2D eigenvalue weighted by atomic mass is 9.90. The minimum Gasteiger partial charge on any atom is -0.256 e. The van der Waals surface area contributed by atoms with E-state index < -0.39 is 12.1 Å². The Kier molecular flexibility index (Phi) is 7.18. The quantitative estimate of drug-likeness (QED) is 0.154. The van der Waals surface area contributed by atoms with Gasteiger partial charge in [-0.2, -0.15) is 0 Å². The average Bonchev–Trinajstić information content (AvgIpc) is 3.34. The van der Waals surface area contributed by atoms with Gasteiger partial charge in [0, 0.05) is 39.7 Å². The maximum atomic E-state index is 8.44. The van der Waals surface area contributed by atoms with Crippen molar-refractivity contribution in [1.82, 2.24) is 9.97 Å². The summed E-state index contributed by atoms with van der Waals surface area (Å²) < 4.78 is 82.1. The molecule has 9 aromatic rings. The van der Waals surface area contributed by atoms with E-state index in [0.717, 1.165) is 66.8 Å². The minimum absolute atomic E-state index is 0.129. The SMILES string of the molecule is [2H]c1c([2H])c([2H])c(-c2cnc(-c3ccc(-c4ccccc4-c4cc(Cl)cc(-c5ccccc5-c5ccc(-c6cc(C)c(-c7c([2H])c([2H])c([2H])c([2H])c7[2H])cn6)cc5)c4)cc3)cc2C)c([2H])c1[2H]. The number of aryl methyl sites for hydroxylation is 2. The van der Waals surface area contributed by atoms with Gasteiger partial charge in [-0.05, 0) is 111 Å².